The number of primary amides is 1. The van der Waals surface area contributed by atoms with Crippen molar-refractivity contribution < 1.29 is 28.7 Å². The van der Waals surface area contributed by atoms with Crippen LogP contribution in [0.1, 0.15) is 55.3 Å². The molecule has 0 spiro atoms. The molecule has 2 aliphatic rings. The first-order valence-corrected chi connectivity index (χ1v) is 10.9. The normalized spacial score (nSPS) is 18.8. The van der Waals surface area contributed by atoms with E-state index in [4.69, 9.17) is 5.73 Å². The number of carboxylic acids is 1. The maximum absolute atomic E-state index is 13.5. The Bertz CT molecular complexity index is 1090. The first-order valence-electron chi connectivity index (χ1n) is 10.9. The number of carbonyl (C=O) groups excluding carboxylic acids is 3. The molecule has 9 heteroatoms. The molecule has 0 saturated heterocycles. The molecule has 2 fully saturated rings. The van der Waals surface area contributed by atoms with Gasteiger partial charge in [-0.05, 0) is 55.7 Å². The molecular formula is C23H26FN3O5. The van der Waals surface area contributed by atoms with Crippen LogP contribution in [-0.2, 0) is 14.4 Å². The first kappa shape index (κ1) is 22.0. The molecule has 1 aromatic carbocycles. The number of rotatable bonds is 8. The average molecular weight is 443 g/mol. The van der Waals surface area contributed by atoms with E-state index in [-0.39, 0.29) is 17.4 Å². The number of Topliss-reactive ketones (excluding diaryl/α,β-unsaturated/α-hetero) is 1. The van der Waals surface area contributed by atoms with Crippen LogP contribution in [0.2, 0.25) is 0 Å². The van der Waals surface area contributed by atoms with Gasteiger partial charge in [-0.1, -0.05) is 19.3 Å². The van der Waals surface area contributed by atoms with Crippen molar-refractivity contribution in [2.24, 2.45) is 17.6 Å². The summed E-state index contributed by atoms with van der Waals surface area (Å²) in [6, 6.07) is 3.75. The zero-order valence-electron chi connectivity index (χ0n) is 17.6. The quantitative estimate of drug-likeness (QED) is 0.426. The second kappa shape index (κ2) is 8.37. The van der Waals surface area contributed by atoms with Crippen molar-refractivity contribution in [3.63, 3.8) is 0 Å². The largest absolute Gasteiger partial charge is 0.480 e. The van der Waals surface area contributed by atoms with Crippen molar-refractivity contribution in [2.45, 2.75) is 50.5 Å². The maximum Gasteiger partial charge on any atom is 0.323 e. The van der Waals surface area contributed by atoms with Crippen molar-refractivity contribution in [1.29, 1.82) is 0 Å². The van der Waals surface area contributed by atoms with Gasteiger partial charge in [-0.3, -0.25) is 19.2 Å². The maximum atomic E-state index is 13.5. The number of aliphatic carboxylic acids is 1. The molecule has 2 saturated carbocycles. The minimum atomic E-state index is -1.51. The Kier molecular flexibility index (Phi) is 5.75. The number of nitrogens with two attached hydrogens (primary N) is 1. The smallest absolute Gasteiger partial charge is 0.323 e. The highest BCUT2D eigenvalue weighted by atomic mass is 19.1. The number of H-pyrrole nitrogens is 1. The highest BCUT2D eigenvalue weighted by Gasteiger charge is 2.60. The third kappa shape index (κ3) is 3.65. The molecule has 0 aliphatic heterocycles. The van der Waals surface area contributed by atoms with Gasteiger partial charge in [-0.2, -0.15) is 0 Å². The molecule has 0 radical (unpaired) electrons. The van der Waals surface area contributed by atoms with Crippen LogP contribution >= 0.6 is 0 Å². The minimum Gasteiger partial charge on any atom is -0.480 e. The lowest BCUT2D eigenvalue weighted by atomic mass is 9.70. The molecule has 2 amide bonds. The number of hydrogen-bond donors (Lipinski definition) is 3. The van der Waals surface area contributed by atoms with E-state index in [1.54, 1.807) is 0 Å². The number of aromatic nitrogens is 1. The molecule has 1 aromatic heterocycles. The van der Waals surface area contributed by atoms with Gasteiger partial charge < -0.3 is 20.7 Å². The van der Waals surface area contributed by atoms with E-state index in [9.17, 15) is 28.7 Å². The Balaban J connectivity index is 1.78. The highest BCUT2D eigenvalue weighted by molar-refractivity contribution is 6.45. The van der Waals surface area contributed by atoms with Gasteiger partial charge in [-0.25, -0.2) is 4.39 Å². The summed E-state index contributed by atoms with van der Waals surface area (Å²) in [5.41, 5.74) is 4.72. The van der Waals surface area contributed by atoms with Crippen molar-refractivity contribution in [3.8, 4) is 0 Å². The number of benzene rings is 1. The molecule has 2 aromatic rings. The van der Waals surface area contributed by atoms with Gasteiger partial charge in [0.25, 0.3) is 11.7 Å². The summed E-state index contributed by atoms with van der Waals surface area (Å²) >= 11 is 0. The fourth-order valence-corrected chi connectivity index (χ4v) is 5.41. The van der Waals surface area contributed by atoms with Gasteiger partial charge in [-0.15, -0.1) is 0 Å². The van der Waals surface area contributed by atoms with Crippen molar-refractivity contribution in [3.05, 3.63) is 35.8 Å². The number of hydrogen-bond acceptors (Lipinski definition) is 4. The number of fused-ring (bicyclic) bond motifs is 1. The number of nitrogens with one attached hydrogen (secondary N) is 1. The third-order valence-corrected chi connectivity index (χ3v) is 6.89. The molecule has 1 heterocycles. The summed E-state index contributed by atoms with van der Waals surface area (Å²) in [5, 5.41) is 9.93. The van der Waals surface area contributed by atoms with Gasteiger partial charge in [0.05, 0.1) is 5.56 Å². The predicted molar refractivity (Wildman–Crippen MR) is 113 cm³/mol. The molecule has 32 heavy (non-hydrogen) atoms. The second-order valence-electron chi connectivity index (χ2n) is 8.81. The van der Waals surface area contributed by atoms with Crippen LogP contribution in [0.15, 0.2) is 24.4 Å². The number of carboxylic acid groups (broad SMARTS) is 1. The number of carbonyl (C=O) groups is 4. The Morgan fingerprint density at radius 3 is 2.34 bits per heavy atom. The van der Waals surface area contributed by atoms with Crippen LogP contribution < -0.4 is 5.73 Å². The summed E-state index contributed by atoms with van der Waals surface area (Å²) in [6.07, 6.45) is 6.56. The Hall–Kier alpha value is -3.23. The molecule has 4 N–H and O–H groups in total. The monoisotopic (exact) mass is 443 g/mol. The van der Waals surface area contributed by atoms with E-state index in [1.807, 2.05) is 0 Å². The van der Waals surface area contributed by atoms with Crippen LogP contribution in [0, 0.1) is 17.7 Å². The molecule has 1 atom stereocenters. The van der Waals surface area contributed by atoms with E-state index in [0.717, 1.165) is 24.2 Å². The highest BCUT2D eigenvalue weighted by Crippen LogP contribution is 2.51. The number of aromatic amines is 1. The van der Waals surface area contributed by atoms with Crippen LogP contribution in [0.25, 0.3) is 10.9 Å². The van der Waals surface area contributed by atoms with Gasteiger partial charge in [0.1, 0.15) is 17.9 Å². The zero-order valence-corrected chi connectivity index (χ0v) is 17.6. The van der Waals surface area contributed by atoms with E-state index < -0.39 is 41.5 Å². The summed E-state index contributed by atoms with van der Waals surface area (Å²) in [4.78, 5) is 55.2. The third-order valence-electron chi connectivity index (χ3n) is 6.89. The fourth-order valence-electron chi connectivity index (χ4n) is 5.41. The van der Waals surface area contributed by atoms with E-state index in [1.165, 1.54) is 24.4 Å². The lowest BCUT2D eigenvalue weighted by Crippen LogP contribution is -2.67. The van der Waals surface area contributed by atoms with E-state index in [2.05, 4.69) is 4.98 Å². The number of nitrogens with zero attached hydrogens (tertiary/aromatic N) is 1. The average Bonchev–Trinajstić information content (AvgIpc) is 3.52. The van der Waals surface area contributed by atoms with Gasteiger partial charge in [0.2, 0.25) is 5.91 Å². The standard InChI is InChI=1S/C23H26FN3O5/c24-15-8-9-16-17(11-26-18(16)10-15)20(30)21(31)27(12-19(28)29)23(22(25)32,14-6-7-14)13-4-2-1-3-5-13/h8-11,13-14,26H,1-7,12H2,(H2,25,32)(H,28,29)/t23-/m0/s1. The molecule has 0 bridgehead atoms. The summed E-state index contributed by atoms with van der Waals surface area (Å²) in [6.45, 7) is -0.794. The molecule has 170 valence electrons. The number of halogens is 1. The van der Waals surface area contributed by atoms with Crippen molar-refractivity contribution >= 4 is 34.5 Å². The molecule has 2 aliphatic carbocycles. The van der Waals surface area contributed by atoms with Gasteiger partial charge in [0, 0.05) is 17.1 Å². The summed E-state index contributed by atoms with van der Waals surface area (Å²) in [5.74, 6) is -5.17. The second-order valence-corrected chi connectivity index (χ2v) is 8.81. The Labute approximate surface area is 183 Å². The first-order chi connectivity index (χ1) is 15.3. The van der Waals surface area contributed by atoms with Gasteiger partial charge in [0.15, 0.2) is 0 Å². The van der Waals surface area contributed by atoms with Crippen molar-refractivity contribution in [2.75, 3.05) is 6.54 Å². The Morgan fingerprint density at radius 1 is 1.09 bits per heavy atom. The zero-order chi connectivity index (χ0) is 23.0. The van der Waals surface area contributed by atoms with Gasteiger partial charge >= 0.3 is 5.97 Å². The molecular weight excluding hydrogens is 417 g/mol. The fraction of sp³-hybridized carbons (Fsp3) is 0.478. The predicted octanol–water partition coefficient (Wildman–Crippen LogP) is 2.62. The lowest BCUT2D eigenvalue weighted by molar-refractivity contribution is -0.157. The number of ketones is 1. The molecule has 8 nitrogen and oxygen atoms in total. The van der Waals surface area contributed by atoms with Crippen molar-refractivity contribution in [1.82, 2.24) is 9.88 Å². The SMILES string of the molecule is NC(=O)[C@](C1CCCCC1)(C1CC1)N(CC(=O)O)C(=O)C(=O)c1c[nH]c2cc(F)ccc12. The Morgan fingerprint density at radius 2 is 1.75 bits per heavy atom. The summed E-state index contributed by atoms with van der Waals surface area (Å²) in [7, 11) is 0. The van der Waals surface area contributed by atoms with Crippen LogP contribution in [0.3, 0.4) is 0 Å². The topological polar surface area (TPSA) is 134 Å². The van der Waals surface area contributed by atoms with Crippen LogP contribution in [-0.4, -0.2) is 50.6 Å². The van der Waals surface area contributed by atoms with E-state index >= 15 is 0 Å². The molecule has 4 rings (SSSR count). The lowest BCUT2D eigenvalue weighted by Gasteiger charge is -2.47. The summed E-state index contributed by atoms with van der Waals surface area (Å²) < 4.78 is 13.5. The van der Waals surface area contributed by atoms with Crippen LogP contribution in [0.4, 0.5) is 4.39 Å². The molecule has 0 unspecified atom stereocenters. The van der Waals surface area contributed by atoms with Crippen LogP contribution in [0.5, 0.6) is 0 Å². The number of amides is 2. The van der Waals surface area contributed by atoms with E-state index in [0.29, 0.717) is 36.6 Å². The minimum absolute atomic E-state index is 0.00167.